The molecule has 1 N–H and O–H groups in total. The third kappa shape index (κ3) is 4.35. The summed E-state index contributed by atoms with van der Waals surface area (Å²) >= 11 is 13.5. The van der Waals surface area contributed by atoms with Gasteiger partial charge < -0.3 is 19.5 Å². The number of hydrogen-bond acceptors (Lipinski definition) is 6. The van der Waals surface area contributed by atoms with E-state index in [2.05, 4.69) is 5.32 Å². The quantitative estimate of drug-likeness (QED) is 0.475. The molecule has 1 aliphatic rings. The highest BCUT2D eigenvalue weighted by atomic mass is 35.5. The summed E-state index contributed by atoms with van der Waals surface area (Å²) in [7, 11) is 1.30. The molecule has 1 aliphatic heterocycles. The van der Waals surface area contributed by atoms with Crippen LogP contribution < -0.4 is 14.8 Å². The van der Waals surface area contributed by atoms with Gasteiger partial charge in [-0.1, -0.05) is 29.3 Å². The molecule has 0 radical (unpaired) electrons. The van der Waals surface area contributed by atoms with Gasteiger partial charge in [0, 0.05) is 16.3 Å². The van der Waals surface area contributed by atoms with E-state index >= 15 is 0 Å². The number of hydrogen-bond donors (Lipinski definition) is 1. The topological polar surface area (TPSA) is 73.9 Å². The molecule has 0 unspecified atom stereocenters. The molecule has 0 aliphatic carbocycles. The van der Waals surface area contributed by atoms with E-state index in [4.69, 9.17) is 37.4 Å². The van der Waals surface area contributed by atoms with Gasteiger partial charge in [0.2, 0.25) is 6.79 Å². The molecule has 1 aromatic heterocycles. The molecule has 0 saturated carbocycles. The first-order chi connectivity index (χ1) is 14.9. The number of rotatable bonds is 5. The van der Waals surface area contributed by atoms with Crippen molar-refractivity contribution in [3.8, 4) is 11.5 Å². The van der Waals surface area contributed by atoms with Gasteiger partial charge in [0.1, 0.15) is 5.00 Å². The molecule has 6 nitrogen and oxygen atoms in total. The minimum atomic E-state index is -0.529. The number of benzene rings is 2. The highest BCUT2D eigenvalue weighted by Gasteiger charge is 2.25. The molecule has 0 spiro atoms. The smallest absolute Gasteiger partial charge is 0.341 e. The fourth-order valence-electron chi connectivity index (χ4n) is 3.24. The van der Waals surface area contributed by atoms with E-state index in [1.807, 2.05) is 25.1 Å². The second kappa shape index (κ2) is 8.78. The van der Waals surface area contributed by atoms with E-state index in [1.165, 1.54) is 24.5 Å². The fourth-order valence-corrected chi connectivity index (χ4v) is 4.84. The van der Waals surface area contributed by atoms with Gasteiger partial charge in [0.15, 0.2) is 11.5 Å². The van der Waals surface area contributed by atoms with Gasteiger partial charge in [-0.3, -0.25) is 4.79 Å². The van der Waals surface area contributed by atoms with Crippen molar-refractivity contribution in [1.29, 1.82) is 0 Å². The minimum absolute atomic E-state index is 0.200. The molecule has 2 heterocycles. The monoisotopic (exact) mass is 477 g/mol. The highest BCUT2D eigenvalue weighted by Crippen LogP contribution is 2.38. The van der Waals surface area contributed by atoms with Crippen molar-refractivity contribution in [2.24, 2.45) is 0 Å². The zero-order valence-electron chi connectivity index (χ0n) is 16.6. The maximum Gasteiger partial charge on any atom is 0.341 e. The Morgan fingerprint density at radius 3 is 2.68 bits per heavy atom. The van der Waals surface area contributed by atoms with E-state index in [0.29, 0.717) is 33.5 Å². The molecular weight excluding hydrogens is 461 g/mol. The molecule has 0 fully saturated rings. The largest absolute Gasteiger partial charge is 0.465 e. The van der Waals surface area contributed by atoms with E-state index < -0.39 is 11.9 Å². The molecule has 0 bridgehead atoms. The molecule has 2 aromatic carbocycles. The molecule has 160 valence electrons. The molecule has 0 saturated heterocycles. The normalized spacial score (nSPS) is 12.0. The number of methoxy groups -OCH3 is 1. The average molecular weight is 478 g/mol. The number of ether oxygens (including phenoxy) is 3. The number of esters is 1. The summed E-state index contributed by atoms with van der Waals surface area (Å²) in [6.07, 6.45) is 0.547. The van der Waals surface area contributed by atoms with E-state index in [-0.39, 0.29) is 17.4 Å². The number of halogens is 2. The Hall–Kier alpha value is -2.74. The predicted molar refractivity (Wildman–Crippen MR) is 120 cm³/mol. The maximum absolute atomic E-state index is 12.8. The van der Waals surface area contributed by atoms with Crippen molar-refractivity contribution in [2.45, 2.75) is 13.3 Å². The van der Waals surface area contributed by atoms with Crippen molar-refractivity contribution in [3.63, 3.8) is 0 Å². The summed E-state index contributed by atoms with van der Waals surface area (Å²) in [5.41, 5.74) is 2.26. The Labute approximate surface area is 192 Å². The van der Waals surface area contributed by atoms with Crippen molar-refractivity contribution in [3.05, 3.63) is 73.6 Å². The Kier molecular flexibility index (Phi) is 6.09. The van der Waals surface area contributed by atoms with E-state index in [1.54, 1.807) is 12.1 Å². The number of nitrogens with one attached hydrogen (secondary N) is 1. The summed E-state index contributed by atoms with van der Waals surface area (Å²) < 4.78 is 15.7. The summed E-state index contributed by atoms with van der Waals surface area (Å²) in [6, 6.07) is 10.3. The lowest BCUT2D eigenvalue weighted by Crippen LogP contribution is -2.14. The number of thiophene rings is 1. The van der Waals surface area contributed by atoms with Crippen LogP contribution in [0, 0.1) is 6.92 Å². The number of amides is 1. The van der Waals surface area contributed by atoms with Gasteiger partial charge in [-0.25, -0.2) is 4.79 Å². The first-order valence-corrected chi connectivity index (χ1v) is 10.8. The van der Waals surface area contributed by atoms with Gasteiger partial charge in [0.25, 0.3) is 5.91 Å². The Balaban J connectivity index is 1.66. The fraction of sp³-hybridized carbons (Fsp3) is 0.182. The lowest BCUT2D eigenvalue weighted by molar-refractivity contribution is 0.0601. The molecule has 31 heavy (non-hydrogen) atoms. The maximum atomic E-state index is 12.8. The van der Waals surface area contributed by atoms with Gasteiger partial charge in [-0.2, -0.15) is 0 Å². The highest BCUT2D eigenvalue weighted by molar-refractivity contribution is 7.17. The van der Waals surface area contributed by atoms with Crippen molar-refractivity contribution in [1.82, 2.24) is 0 Å². The molecule has 1 amide bonds. The van der Waals surface area contributed by atoms with Crippen LogP contribution in [-0.4, -0.2) is 25.8 Å². The van der Waals surface area contributed by atoms with Crippen molar-refractivity contribution in [2.75, 3.05) is 19.2 Å². The van der Waals surface area contributed by atoms with Crippen LogP contribution in [0.3, 0.4) is 0 Å². The lowest BCUT2D eigenvalue weighted by atomic mass is 10.1. The third-order valence-electron chi connectivity index (χ3n) is 4.84. The molecule has 4 rings (SSSR count). The number of fused-ring (bicyclic) bond motifs is 1. The van der Waals surface area contributed by atoms with E-state index in [9.17, 15) is 9.59 Å². The zero-order valence-corrected chi connectivity index (χ0v) is 18.9. The second-order valence-electron chi connectivity index (χ2n) is 6.79. The number of carbonyl (C=O) groups is 2. The Bertz CT molecular complexity index is 1190. The first kappa shape index (κ1) is 21.5. The standard InChI is InChI=1S/C22H17Cl2NO5S/c1-11-18(8-12-3-6-16-17(7-12)30-10-29-16)31-21(19(11)22(27)28-2)25-20(26)14-9-13(23)4-5-15(14)24/h3-7,9H,8,10H2,1-2H3,(H,25,26). The van der Waals surface area contributed by atoms with Crippen LogP contribution >= 0.6 is 34.5 Å². The second-order valence-corrected chi connectivity index (χ2v) is 8.74. The van der Waals surface area contributed by atoms with Gasteiger partial charge in [0.05, 0.1) is 23.3 Å². The first-order valence-electron chi connectivity index (χ1n) is 9.23. The van der Waals surface area contributed by atoms with Crippen LogP contribution in [0.15, 0.2) is 36.4 Å². The van der Waals surface area contributed by atoms with Crippen LogP contribution in [0.25, 0.3) is 0 Å². The van der Waals surface area contributed by atoms with Crippen molar-refractivity contribution < 1.29 is 23.8 Å². The van der Waals surface area contributed by atoms with Crippen LogP contribution in [0.1, 0.15) is 36.7 Å². The van der Waals surface area contributed by atoms with E-state index in [0.717, 1.165) is 16.0 Å². The summed E-state index contributed by atoms with van der Waals surface area (Å²) in [5, 5.41) is 3.82. The number of anilines is 1. The average Bonchev–Trinajstić information content (AvgIpc) is 3.33. The molecular formula is C22H17Cl2NO5S. The van der Waals surface area contributed by atoms with Crippen LogP contribution in [0.2, 0.25) is 10.0 Å². The number of carbonyl (C=O) groups excluding carboxylic acids is 2. The van der Waals surface area contributed by atoms with Gasteiger partial charge in [-0.15, -0.1) is 11.3 Å². The Morgan fingerprint density at radius 1 is 1.13 bits per heavy atom. The minimum Gasteiger partial charge on any atom is -0.465 e. The summed E-state index contributed by atoms with van der Waals surface area (Å²) in [6.45, 7) is 2.03. The summed E-state index contributed by atoms with van der Waals surface area (Å²) in [4.78, 5) is 26.2. The van der Waals surface area contributed by atoms with Gasteiger partial charge in [-0.05, 0) is 48.4 Å². The molecule has 9 heteroatoms. The molecule has 0 atom stereocenters. The lowest BCUT2D eigenvalue weighted by Gasteiger charge is -2.08. The van der Waals surface area contributed by atoms with Crippen LogP contribution in [0.4, 0.5) is 5.00 Å². The zero-order chi connectivity index (χ0) is 22.1. The van der Waals surface area contributed by atoms with Crippen molar-refractivity contribution >= 4 is 51.4 Å². The Morgan fingerprint density at radius 2 is 1.90 bits per heavy atom. The molecule has 3 aromatic rings. The summed E-state index contributed by atoms with van der Waals surface area (Å²) in [5.74, 6) is 0.393. The SMILES string of the molecule is COC(=O)c1c(NC(=O)c2cc(Cl)ccc2Cl)sc(Cc2ccc3c(c2)OCO3)c1C. The third-order valence-corrected chi connectivity index (χ3v) is 6.61. The predicted octanol–water partition coefficient (Wildman–Crippen LogP) is 5.72. The van der Waals surface area contributed by atoms with Crippen LogP contribution in [0.5, 0.6) is 11.5 Å². The van der Waals surface area contributed by atoms with Crippen LogP contribution in [-0.2, 0) is 11.2 Å². The van der Waals surface area contributed by atoms with Gasteiger partial charge >= 0.3 is 5.97 Å².